The largest absolute Gasteiger partial charge is 0.339 e. The van der Waals surface area contributed by atoms with Crippen LogP contribution in [0.25, 0.3) is 0 Å². The molecule has 1 aliphatic carbocycles. The lowest BCUT2D eigenvalue weighted by Gasteiger charge is -2.50. The summed E-state index contributed by atoms with van der Waals surface area (Å²) in [7, 11) is 0. The minimum absolute atomic E-state index is 0.106. The molecule has 2 nitrogen and oxygen atoms in total. The van der Waals surface area contributed by atoms with Gasteiger partial charge < -0.3 is 4.90 Å². The Hall–Kier alpha value is -2.35. The summed E-state index contributed by atoms with van der Waals surface area (Å²) >= 11 is 0. The molecule has 0 spiro atoms. The van der Waals surface area contributed by atoms with E-state index in [-0.39, 0.29) is 11.8 Å². The Morgan fingerprint density at radius 3 is 1.93 bits per heavy atom. The minimum atomic E-state index is -0.667. The molecule has 2 aromatic carbocycles. The molecule has 2 heteroatoms. The van der Waals surface area contributed by atoms with Crippen molar-refractivity contribution < 1.29 is 4.79 Å². The van der Waals surface area contributed by atoms with E-state index in [1.807, 2.05) is 42.5 Å². The molecule has 1 saturated carbocycles. The number of rotatable bonds is 4. The molecule has 1 atom stereocenters. The fourth-order valence-corrected chi connectivity index (χ4v) is 5.26. The highest BCUT2D eigenvalue weighted by Crippen LogP contribution is 2.47. The van der Waals surface area contributed by atoms with Crippen molar-refractivity contribution in [1.29, 1.82) is 0 Å². The van der Waals surface area contributed by atoms with Gasteiger partial charge in [0.25, 0.3) is 0 Å². The van der Waals surface area contributed by atoms with Gasteiger partial charge in [-0.2, -0.15) is 0 Å². The van der Waals surface area contributed by atoms with Gasteiger partial charge in [0.15, 0.2) is 0 Å². The van der Waals surface area contributed by atoms with E-state index in [4.69, 9.17) is 0 Å². The van der Waals surface area contributed by atoms with Gasteiger partial charge in [-0.25, -0.2) is 0 Å². The van der Waals surface area contributed by atoms with E-state index in [1.54, 1.807) is 0 Å². The summed E-state index contributed by atoms with van der Waals surface area (Å²) in [6.07, 6.45) is 9.04. The number of nitrogens with zero attached hydrogens (tertiary/aromatic N) is 1. The Morgan fingerprint density at radius 2 is 1.41 bits per heavy atom. The molecule has 0 radical (unpaired) electrons. The lowest BCUT2D eigenvalue weighted by Crippen LogP contribution is -2.59. The van der Waals surface area contributed by atoms with Gasteiger partial charge in [0.2, 0.25) is 5.91 Å². The second kappa shape index (κ2) is 7.72. The molecular formula is C25H29NO. The van der Waals surface area contributed by atoms with Crippen LogP contribution in [-0.4, -0.2) is 23.4 Å². The Bertz CT molecular complexity index is 737. The maximum absolute atomic E-state index is 14.2. The normalized spacial score (nSPS) is 23.2. The summed E-state index contributed by atoms with van der Waals surface area (Å²) in [5.41, 5.74) is 1.51. The molecule has 2 aliphatic rings. The lowest BCUT2D eigenvalue weighted by molar-refractivity contribution is -0.144. The van der Waals surface area contributed by atoms with Gasteiger partial charge in [0, 0.05) is 18.5 Å². The van der Waals surface area contributed by atoms with Crippen molar-refractivity contribution in [3.63, 3.8) is 0 Å². The van der Waals surface area contributed by atoms with Crippen LogP contribution in [0.4, 0.5) is 0 Å². The first-order valence-corrected chi connectivity index (χ1v) is 10.3. The van der Waals surface area contributed by atoms with Crippen LogP contribution in [0.2, 0.25) is 0 Å². The summed E-state index contributed by atoms with van der Waals surface area (Å²) in [5.74, 6) is 0.373. The van der Waals surface area contributed by atoms with Gasteiger partial charge >= 0.3 is 0 Å². The zero-order chi connectivity index (χ0) is 18.7. The van der Waals surface area contributed by atoms with E-state index in [9.17, 15) is 4.79 Å². The SMILES string of the molecule is C=CC1CCN(C2CCCCC2)C(=O)C1(c1ccccc1)c1ccccc1. The number of hydrogen-bond acceptors (Lipinski definition) is 1. The molecule has 1 unspecified atom stereocenters. The molecule has 1 heterocycles. The van der Waals surface area contributed by atoms with Crippen molar-refractivity contribution in [2.75, 3.05) is 6.54 Å². The first kappa shape index (κ1) is 18.0. The highest BCUT2D eigenvalue weighted by atomic mass is 16.2. The third-order valence-electron chi connectivity index (χ3n) is 6.59. The Labute approximate surface area is 162 Å². The van der Waals surface area contributed by atoms with Crippen LogP contribution in [0.15, 0.2) is 73.3 Å². The van der Waals surface area contributed by atoms with Gasteiger partial charge in [-0.05, 0) is 30.4 Å². The summed E-state index contributed by atoms with van der Waals surface area (Å²) in [6.45, 7) is 4.98. The average Bonchev–Trinajstić information content (AvgIpc) is 2.75. The molecule has 4 rings (SSSR count). The predicted molar refractivity (Wildman–Crippen MR) is 111 cm³/mol. The standard InChI is InChI=1S/C25H29NO/c1-2-20-18-19-26(23-16-10-5-11-17-23)24(27)25(20,21-12-6-3-7-13-21)22-14-8-4-9-15-22/h2-4,6-9,12-15,20,23H,1,5,10-11,16-19H2. The maximum Gasteiger partial charge on any atom is 0.238 e. The second-order valence-corrected chi connectivity index (χ2v) is 7.96. The molecule has 0 N–H and O–H groups in total. The molecule has 1 aliphatic heterocycles. The lowest BCUT2D eigenvalue weighted by atomic mass is 9.61. The Kier molecular flexibility index (Phi) is 5.15. The number of allylic oxidation sites excluding steroid dienone is 1. The van der Waals surface area contributed by atoms with Crippen LogP contribution in [0.5, 0.6) is 0 Å². The predicted octanol–water partition coefficient (Wildman–Crippen LogP) is 5.34. The molecular weight excluding hydrogens is 330 g/mol. The number of carbonyl (C=O) groups excluding carboxylic acids is 1. The number of amides is 1. The zero-order valence-corrected chi connectivity index (χ0v) is 16.0. The zero-order valence-electron chi connectivity index (χ0n) is 16.0. The minimum Gasteiger partial charge on any atom is -0.339 e. The molecule has 27 heavy (non-hydrogen) atoms. The fourth-order valence-electron chi connectivity index (χ4n) is 5.26. The molecule has 0 aromatic heterocycles. The summed E-state index contributed by atoms with van der Waals surface area (Å²) in [5, 5.41) is 0. The first-order chi connectivity index (χ1) is 13.3. The Morgan fingerprint density at radius 1 is 0.852 bits per heavy atom. The quantitative estimate of drug-likeness (QED) is 0.675. The Balaban J connectivity index is 1.87. The van der Waals surface area contributed by atoms with Gasteiger partial charge in [0.1, 0.15) is 5.41 Å². The number of hydrogen-bond donors (Lipinski definition) is 0. The molecule has 1 amide bonds. The van der Waals surface area contributed by atoms with Crippen molar-refractivity contribution >= 4 is 5.91 Å². The van der Waals surface area contributed by atoms with Crippen LogP contribution in [0, 0.1) is 5.92 Å². The van der Waals surface area contributed by atoms with Crippen molar-refractivity contribution in [1.82, 2.24) is 4.90 Å². The van der Waals surface area contributed by atoms with Crippen LogP contribution < -0.4 is 0 Å². The number of benzene rings is 2. The highest BCUT2D eigenvalue weighted by Gasteiger charge is 2.53. The van der Waals surface area contributed by atoms with Crippen molar-refractivity contribution in [3.8, 4) is 0 Å². The fraction of sp³-hybridized carbons (Fsp3) is 0.400. The van der Waals surface area contributed by atoms with E-state index < -0.39 is 5.41 Å². The number of likely N-dealkylation sites (tertiary alicyclic amines) is 1. The topological polar surface area (TPSA) is 20.3 Å². The van der Waals surface area contributed by atoms with Crippen LogP contribution in [0.3, 0.4) is 0 Å². The monoisotopic (exact) mass is 359 g/mol. The van der Waals surface area contributed by atoms with Gasteiger partial charge in [-0.15, -0.1) is 6.58 Å². The first-order valence-electron chi connectivity index (χ1n) is 10.3. The van der Waals surface area contributed by atoms with E-state index in [2.05, 4.69) is 35.7 Å². The van der Waals surface area contributed by atoms with E-state index >= 15 is 0 Å². The molecule has 2 aromatic rings. The number of piperidine rings is 1. The molecule has 140 valence electrons. The third kappa shape index (κ3) is 3.01. The van der Waals surface area contributed by atoms with E-state index in [0.717, 1.165) is 36.9 Å². The number of carbonyl (C=O) groups is 1. The second-order valence-electron chi connectivity index (χ2n) is 7.96. The highest BCUT2D eigenvalue weighted by molar-refractivity contribution is 5.94. The summed E-state index contributed by atoms with van der Waals surface area (Å²) in [4.78, 5) is 16.4. The summed E-state index contributed by atoms with van der Waals surface area (Å²) in [6, 6.07) is 21.1. The van der Waals surface area contributed by atoms with Gasteiger partial charge in [-0.1, -0.05) is 86.0 Å². The van der Waals surface area contributed by atoms with Crippen LogP contribution in [0.1, 0.15) is 49.7 Å². The molecule has 2 fully saturated rings. The summed E-state index contributed by atoms with van der Waals surface area (Å²) < 4.78 is 0. The van der Waals surface area contributed by atoms with Gasteiger partial charge in [-0.3, -0.25) is 4.79 Å². The van der Waals surface area contributed by atoms with Crippen molar-refractivity contribution in [2.45, 2.75) is 50.0 Å². The van der Waals surface area contributed by atoms with Crippen LogP contribution in [-0.2, 0) is 10.2 Å². The average molecular weight is 360 g/mol. The van der Waals surface area contributed by atoms with E-state index in [0.29, 0.717) is 6.04 Å². The van der Waals surface area contributed by atoms with Crippen molar-refractivity contribution in [3.05, 3.63) is 84.4 Å². The van der Waals surface area contributed by atoms with Gasteiger partial charge in [0.05, 0.1) is 0 Å². The third-order valence-corrected chi connectivity index (χ3v) is 6.59. The van der Waals surface area contributed by atoms with E-state index in [1.165, 1.54) is 19.3 Å². The molecule has 1 saturated heterocycles. The molecule has 0 bridgehead atoms. The van der Waals surface area contributed by atoms with Crippen molar-refractivity contribution in [2.24, 2.45) is 5.92 Å². The maximum atomic E-state index is 14.2. The smallest absolute Gasteiger partial charge is 0.238 e. The van der Waals surface area contributed by atoms with Crippen LogP contribution >= 0.6 is 0 Å².